The van der Waals surface area contributed by atoms with Gasteiger partial charge in [0.05, 0.1) is 11.6 Å². The molecule has 0 spiro atoms. The molecule has 0 aliphatic carbocycles. The Balaban J connectivity index is 1.33. The van der Waals surface area contributed by atoms with E-state index in [0.717, 1.165) is 27.8 Å². The van der Waals surface area contributed by atoms with Gasteiger partial charge >= 0.3 is 0 Å². The van der Waals surface area contributed by atoms with E-state index in [1.54, 1.807) is 36.4 Å². The first-order valence-corrected chi connectivity index (χ1v) is 11.0. The summed E-state index contributed by atoms with van der Waals surface area (Å²) in [5.41, 5.74) is 4.65. The van der Waals surface area contributed by atoms with E-state index in [1.807, 2.05) is 30.3 Å². The van der Waals surface area contributed by atoms with Crippen molar-refractivity contribution in [1.29, 1.82) is 5.26 Å². The largest absolute Gasteiger partial charge is 0.380 e. The summed E-state index contributed by atoms with van der Waals surface area (Å²) in [6, 6.07) is 22.0. The molecule has 3 aromatic carbocycles. The third kappa shape index (κ3) is 4.80. The van der Waals surface area contributed by atoms with Gasteiger partial charge in [-0.15, -0.1) is 0 Å². The van der Waals surface area contributed by atoms with Crippen LogP contribution in [0.3, 0.4) is 0 Å². The van der Waals surface area contributed by atoms with Crippen LogP contribution in [0.25, 0.3) is 11.1 Å². The Kier molecular flexibility index (Phi) is 6.94. The van der Waals surface area contributed by atoms with Gasteiger partial charge in [0.25, 0.3) is 11.8 Å². The van der Waals surface area contributed by atoms with Crippen molar-refractivity contribution in [1.82, 2.24) is 10.2 Å². The van der Waals surface area contributed by atoms with Crippen molar-refractivity contribution < 1.29 is 19.8 Å². The molecule has 2 atom stereocenters. The molecule has 1 heterocycles. The van der Waals surface area contributed by atoms with Crippen molar-refractivity contribution in [3.05, 3.63) is 94.0 Å². The molecular weight excluding hydrogens is 454 g/mol. The highest BCUT2D eigenvalue weighted by Gasteiger charge is 2.35. The number of nitrogens with one attached hydrogen (secondary N) is 1. The van der Waals surface area contributed by atoms with Gasteiger partial charge in [-0.3, -0.25) is 9.59 Å². The van der Waals surface area contributed by atoms with E-state index >= 15 is 0 Å². The number of hydrogen-bond acceptors (Lipinski definition) is 5. The molecule has 0 radical (unpaired) electrons. The van der Waals surface area contributed by atoms with E-state index in [9.17, 15) is 25.1 Å². The van der Waals surface area contributed by atoms with Crippen molar-refractivity contribution in [2.45, 2.75) is 31.8 Å². The molecule has 0 fully saturated rings. The lowest BCUT2D eigenvalue weighted by atomic mass is 9.99. The summed E-state index contributed by atoms with van der Waals surface area (Å²) < 4.78 is 0. The number of nitrogens with zero attached hydrogens (tertiary/aromatic N) is 2. The number of carbonyl (C=O) groups is 2. The van der Waals surface area contributed by atoms with Gasteiger partial charge in [0.1, 0.15) is 0 Å². The van der Waals surface area contributed by atoms with Crippen molar-refractivity contribution in [2.24, 2.45) is 0 Å². The van der Waals surface area contributed by atoms with Crippen LogP contribution in [-0.4, -0.2) is 39.1 Å². The molecule has 172 valence electrons. The number of benzene rings is 3. The lowest BCUT2D eigenvalue weighted by Gasteiger charge is -2.22. The molecule has 8 heteroatoms. The second-order valence-corrected chi connectivity index (χ2v) is 8.44. The quantitative estimate of drug-likeness (QED) is 0.507. The fourth-order valence-corrected chi connectivity index (χ4v) is 4.18. The Bertz CT molecular complexity index is 1270. The normalized spacial score (nSPS) is 14.1. The average Bonchev–Trinajstić information content (AvgIpc) is 3.32. The summed E-state index contributed by atoms with van der Waals surface area (Å²) >= 11 is 6.16. The monoisotopic (exact) mass is 475 g/mol. The molecule has 3 N–H and O–H groups in total. The van der Waals surface area contributed by atoms with Gasteiger partial charge < -0.3 is 20.4 Å². The average molecular weight is 476 g/mol. The van der Waals surface area contributed by atoms with Crippen molar-refractivity contribution >= 4 is 23.4 Å². The summed E-state index contributed by atoms with van der Waals surface area (Å²) in [4.78, 5) is 26.4. The molecular formula is C26H22ClN3O4. The van der Waals surface area contributed by atoms with Crippen LogP contribution < -0.4 is 5.32 Å². The zero-order valence-corrected chi connectivity index (χ0v) is 18.9. The molecule has 0 bridgehead atoms. The van der Waals surface area contributed by atoms with E-state index in [-0.39, 0.29) is 19.6 Å². The third-order valence-corrected chi connectivity index (χ3v) is 6.19. The number of rotatable bonds is 6. The summed E-state index contributed by atoms with van der Waals surface area (Å²) in [6.07, 6.45) is -3.80. The number of nitriles is 1. The molecule has 1 aliphatic rings. The number of aliphatic hydroxyl groups is 2. The van der Waals surface area contributed by atoms with Crippen molar-refractivity contribution in [3.63, 3.8) is 0 Å². The van der Waals surface area contributed by atoms with Crippen LogP contribution in [0.2, 0.25) is 5.02 Å². The molecule has 2 amide bonds. The van der Waals surface area contributed by atoms with Crippen LogP contribution in [0.5, 0.6) is 0 Å². The van der Waals surface area contributed by atoms with E-state index in [2.05, 4.69) is 11.4 Å². The zero-order chi connectivity index (χ0) is 24.2. The number of fused-ring (bicyclic) bond motifs is 1. The van der Waals surface area contributed by atoms with Gasteiger partial charge in [0.15, 0.2) is 12.2 Å². The number of hydrogen-bond donors (Lipinski definition) is 3. The fourth-order valence-electron chi connectivity index (χ4n) is 3.93. The van der Waals surface area contributed by atoms with Crippen LogP contribution in [0, 0.1) is 11.3 Å². The number of amides is 2. The minimum atomic E-state index is -1.91. The Labute approximate surface area is 201 Å². The standard InChI is InChI=1S/C26H22ClN3O4/c27-22-7-3-5-19-14-30(15-21(19)22)26(34)24(32)23(31)25(33)29-13-16-8-10-17(11-9-16)20-6-2-1-4-18(20)12-28/h1-11,23-24,31-32H,13-15H2,(H,29,33)/t23-,24-/m1/s1. The van der Waals surface area contributed by atoms with Gasteiger partial charge in [0.2, 0.25) is 0 Å². The number of carbonyl (C=O) groups excluding carboxylic acids is 2. The fraction of sp³-hybridized carbons (Fsp3) is 0.192. The first kappa shape index (κ1) is 23.5. The van der Waals surface area contributed by atoms with Crippen LogP contribution in [-0.2, 0) is 29.2 Å². The van der Waals surface area contributed by atoms with Gasteiger partial charge in [-0.05, 0) is 39.9 Å². The summed E-state index contributed by atoms with van der Waals surface area (Å²) in [6.45, 7) is 0.559. The summed E-state index contributed by atoms with van der Waals surface area (Å²) in [5, 5.41) is 32.9. The first-order valence-electron chi connectivity index (χ1n) is 10.7. The van der Waals surface area contributed by atoms with Crippen LogP contribution in [0.4, 0.5) is 0 Å². The molecule has 0 saturated heterocycles. The van der Waals surface area contributed by atoms with Gasteiger partial charge in [0, 0.05) is 24.7 Å². The summed E-state index contributed by atoms with van der Waals surface area (Å²) in [5.74, 6) is -1.59. The predicted molar refractivity (Wildman–Crippen MR) is 126 cm³/mol. The molecule has 1 aliphatic heterocycles. The maximum atomic E-state index is 12.6. The molecule has 0 saturated carbocycles. The van der Waals surface area contributed by atoms with Gasteiger partial charge in [-0.25, -0.2) is 0 Å². The highest BCUT2D eigenvalue weighted by atomic mass is 35.5. The second-order valence-electron chi connectivity index (χ2n) is 8.03. The second kappa shape index (κ2) is 10.1. The maximum Gasteiger partial charge on any atom is 0.255 e. The Hall–Kier alpha value is -3.70. The number of halogens is 1. The Morgan fingerprint density at radius 2 is 1.74 bits per heavy atom. The van der Waals surface area contributed by atoms with E-state index in [4.69, 9.17) is 11.6 Å². The van der Waals surface area contributed by atoms with Crippen LogP contribution >= 0.6 is 11.6 Å². The number of aliphatic hydroxyl groups excluding tert-OH is 2. The molecule has 4 rings (SSSR count). The minimum absolute atomic E-state index is 0.0990. The Morgan fingerprint density at radius 3 is 2.44 bits per heavy atom. The van der Waals surface area contributed by atoms with Gasteiger partial charge in [-0.2, -0.15) is 5.26 Å². The smallest absolute Gasteiger partial charge is 0.255 e. The third-order valence-electron chi connectivity index (χ3n) is 5.84. The lowest BCUT2D eigenvalue weighted by Crippen LogP contribution is -2.49. The van der Waals surface area contributed by atoms with E-state index in [1.165, 1.54) is 4.90 Å². The molecule has 0 aromatic heterocycles. The van der Waals surface area contributed by atoms with E-state index in [0.29, 0.717) is 10.6 Å². The maximum absolute atomic E-state index is 12.6. The van der Waals surface area contributed by atoms with Crippen LogP contribution in [0.1, 0.15) is 22.3 Å². The van der Waals surface area contributed by atoms with Crippen molar-refractivity contribution in [3.8, 4) is 17.2 Å². The molecule has 34 heavy (non-hydrogen) atoms. The molecule has 7 nitrogen and oxygen atoms in total. The van der Waals surface area contributed by atoms with Crippen LogP contribution in [0.15, 0.2) is 66.7 Å². The molecule has 3 aromatic rings. The molecule has 0 unspecified atom stereocenters. The van der Waals surface area contributed by atoms with E-state index < -0.39 is 24.0 Å². The highest BCUT2D eigenvalue weighted by Crippen LogP contribution is 2.29. The topological polar surface area (TPSA) is 114 Å². The lowest BCUT2D eigenvalue weighted by molar-refractivity contribution is -0.153. The SMILES string of the molecule is N#Cc1ccccc1-c1ccc(CNC(=O)[C@H](O)[C@@H](O)C(=O)N2Cc3cccc(Cl)c3C2)cc1. The first-order chi connectivity index (χ1) is 16.4. The highest BCUT2D eigenvalue weighted by molar-refractivity contribution is 6.31. The van der Waals surface area contributed by atoms with Gasteiger partial charge in [-0.1, -0.05) is 66.2 Å². The van der Waals surface area contributed by atoms with Crippen molar-refractivity contribution in [2.75, 3.05) is 0 Å². The minimum Gasteiger partial charge on any atom is -0.380 e. The zero-order valence-electron chi connectivity index (χ0n) is 18.1. The predicted octanol–water partition coefficient (Wildman–Crippen LogP) is 2.76. The summed E-state index contributed by atoms with van der Waals surface area (Å²) in [7, 11) is 0. The Morgan fingerprint density at radius 1 is 1.00 bits per heavy atom.